The van der Waals surface area contributed by atoms with Crippen LogP contribution in [-0.2, 0) is 0 Å². The zero-order valence-corrected chi connectivity index (χ0v) is 14.7. The molecule has 8 nitrogen and oxygen atoms in total. The lowest BCUT2D eigenvalue weighted by molar-refractivity contribution is -0.383. The molecule has 0 fully saturated rings. The fraction of sp³-hybridized carbons (Fsp3) is 0. The Kier molecular flexibility index (Phi) is 5.23. The summed E-state index contributed by atoms with van der Waals surface area (Å²) in [5.41, 5.74) is 5.81. The molecule has 132 valence electrons. The van der Waals surface area contributed by atoms with Gasteiger partial charge in [-0.1, -0.05) is 34.1 Å². The van der Waals surface area contributed by atoms with E-state index in [0.29, 0.717) is 10.2 Å². The van der Waals surface area contributed by atoms with Gasteiger partial charge in [0.25, 0.3) is 0 Å². The lowest BCUT2D eigenvalue weighted by Gasteiger charge is -2.12. The van der Waals surface area contributed by atoms with E-state index in [1.54, 1.807) is 18.2 Å². The van der Waals surface area contributed by atoms with Crippen LogP contribution < -0.4 is 16.2 Å². The lowest BCUT2D eigenvalue weighted by atomic mass is 10.3. The number of benzene rings is 2. The third-order valence-corrected chi connectivity index (χ3v) is 3.78. The standard InChI is InChI=1S/C16H12BrFN6O2/c17-10-6-7-13(12(18)8-10)21-15-14(24(25)26)16(20-9-19-15)23-22-11-4-2-1-3-5-11/h1-9,22H,(H2,19,20,21,23). The molecule has 0 bridgehead atoms. The number of aromatic nitrogens is 2. The highest BCUT2D eigenvalue weighted by Gasteiger charge is 2.23. The van der Waals surface area contributed by atoms with Gasteiger partial charge >= 0.3 is 5.69 Å². The highest BCUT2D eigenvalue weighted by atomic mass is 79.9. The van der Waals surface area contributed by atoms with Crippen molar-refractivity contribution >= 4 is 44.6 Å². The van der Waals surface area contributed by atoms with Crippen molar-refractivity contribution < 1.29 is 9.31 Å². The number of rotatable bonds is 6. The summed E-state index contributed by atoms with van der Waals surface area (Å²) in [6.07, 6.45) is 1.14. The van der Waals surface area contributed by atoms with Gasteiger partial charge in [-0.2, -0.15) is 0 Å². The van der Waals surface area contributed by atoms with Gasteiger partial charge in [0, 0.05) is 4.47 Å². The van der Waals surface area contributed by atoms with Gasteiger partial charge in [-0.15, -0.1) is 0 Å². The zero-order chi connectivity index (χ0) is 18.5. The molecule has 3 N–H and O–H groups in total. The fourth-order valence-corrected chi connectivity index (χ4v) is 2.44. The quantitative estimate of drug-likeness (QED) is 0.400. The summed E-state index contributed by atoms with van der Waals surface area (Å²) in [5, 5.41) is 14.1. The first-order valence-corrected chi connectivity index (χ1v) is 8.12. The highest BCUT2D eigenvalue weighted by molar-refractivity contribution is 9.10. The van der Waals surface area contributed by atoms with Crippen LogP contribution in [0.15, 0.2) is 59.3 Å². The van der Waals surface area contributed by atoms with Crippen LogP contribution in [0.5, 0.6) is 0 Å². The van der Waals surface area contributed by atoms with E-state index in [0.717, 1.165) is 6.33 Å². The monoisotopic (exact) mass is 418 g/mol. The van der Waals surface area contributed by atoms with E-state index in [1.165, 1.54) is 12.1 Å². The van der Waals surface area contributed by atoms with Gasteiger partial charge in [0.05, 0.1) is 16.3 Å². The van der Waals surface area contributed by atoms with Gasteiger partial charge in [-0.05, 0) is 30.3 Å². The number of nitro groups is 1. The Hall–Kier alpha value is -3.27. The first-order valence-electron chi connectivity index (χ1n) is 7.33. The van der Waals surface area contributed by atoms with Crippen molar-refractivity contribution in [1.82, 2.24) is 9.97 Å². The first kappa shape index (κ1) is 17.5. The minimum atomic E-state index is -0.645. The summed E-state index contributed by atoms with van der Waals surface area (Å²) in [6.45, 7) is 0. The van der Waals surface area contributed by atoms with Gasteiger partial charge in [0.1, 0.15) is 12.1 Å². The third-order valence-electron chi connectivity index (χ3n) is 3.29. The zero-order valence-electron chi connectivity index (χ0n) is 13.1. The second-order valence-electron chi connectivity index (χ2n) is 5.04. The van der Waals surface area contributed by atoms with E-state index in [2.05, 4.69) is 42.1 Å². The van der Waals surface area contributed by atoms with Crippen molar-refractivity contribution in [1.29, 1.82) is 0 Å². The number of hydrazine groups is 1. The number of halogens is 2. The van der Waals surface area contributed by atoms with Gasteiger partial charge in [0.2, 0.25) is 11.6 Å². The predicted molar refractivity (Wildman–Crippen MR) is 99.8 cm³/mol. The average Bonchev–Trinajstić information content (AvgIpc) is 2.63. The van der Waals surface area contributed by atoms with Crippen molar-refractivity contribution in [2.24, 2.45) is 0 Å². The molecular formula is C16H12BrFN6O2. The molecule has 26 heavy (non-hydrogen) atoms. The number of hydrogen-bond donors (Lipinski definition) is 3. The van der Waals surface area contributed by atoms with E-state index >= 15 is 0 Å². The Bertz CT molecular complexity index is 941. The predicted octanol–water partition coefficient (Wildman–Crippen LogP) is 4.47. The van der Waals surface area contributed by atoms with Crippen LogP contribution >= 0.6 is 15.9 Å². The molecular weight excluding hydrogens is 407 g/mol. The molecule has 10 heteroatoms. The van der Waals surface area contributed by atoms with Gasteiger partial charge in [-0.3, -0.25) is 21.0 Å². The molecule has 0 radical (unpaired) electrons. The number of hydrogen-bond acceptors (Lipinski definition) is 7. The van der Waals surface area contributed by atoms with E-state index in [-0.39, 0.29) is 17.3 Å². The minimum Gasteiger partial charge on any atom is -0.332 e. The van der Waals surface area contributed by atoms with Crippen LogP contribution in [0.25, 0.3) is 0 Å². The normalized spacial score (nSPS) is 10.2. The van der Waals surface area contributed by atoms with E-state index in [1.807, 2.05) is 18.2 Å². The number of nitrogens with zero attached hydrogens (tertiary/aromatic N) is 3. The third kappa shape index (κ3) is 4.03. The molecule has 0 aliphatic heterocycles. The number of anilines is 4. The van der Waals surface area contributed by atoms with E-state index in [9.17, 15) is 14.5 Å². The molecule has 1 heterocycles. The maximum absolute atomic E-state index is 14.0. The van der Waals surface area contributed by atoms with Crippen molar-refractivity contribution in [2.75, 3.05) is 16.2 Å². The molecule has 0 saturated carbocycles. The summed E-state index contributed by atoms with van der Waals surface area (Å²) < 4.78 is 14.6. The summed E-state index contributed by atoms with van der Waals surface area (Å²) in [6, 6.07) is 13.3. The molecule has 0 aliphatic rings. The maximum Gasteiger partial charge on any atom is 0.355 e. The average molecular weight is 419 g/mol. The van der Waals surface area contributed by atoms with Crippen LogP contribution in [0.4, 0.5) is 33.1 Å². The SMILES string of the molecule is O=[N+]([O-])c1c(NNc2ccccc2)ncnc1Nc1ccc(Br)cc1F. The van der Waals surface area contributed by atoms with Crippen molar-refractivity contribution in [3.63, 3.8) is 0 Å². The molecule has 0 amide bonds. The van der Waals surface area contributed by atoms with Crippen molar-refractivity contribution in [2.45, 2.75) is 0 Å². The molecule has 3 rings (SSSR count). The van der Waals surface area contributed by atoms with Crippen LogP contribution in [0, 0.1) is 15.9 Å². The summed E-state index contributed by atoms with van der Waals surface area (Å²) >= 11 is 3.15. The number of para-hydroxylation sites is 1. The Morgan fingerprint density at radius 3 is 2.46 bits per heavy atom. The molecule has 0 spiro atoms. The van der Waals surface area contributed by atoms with Crippen molar-refractivity contribution in [3.05, 3.63) is 75.3 Å². The largest absolute Gasteiger partial charge is 0.355 e. The highest BCUT2D eigenvalue weighted by Crippen LogP contribution is 2.32. The van der Waals surface area contributed by atoms with E-state index < -0.39 is 16.4 Å². The molecule has 1 aromatic heterocycles. The summed E-state index contributed by atoms with van der Waals surface area (Å²) in [5.74, 6) is -0.776. The number of nitrogens with one attached hydrogen (secondary N) is 3. The Morgan fingerprint density at radius 1 is 1.04 bits per heavy atom. The summed E-state index contributed by atoms with van der Waals surface area (Å²) in [4.78, 5) is 18.6. The Morgan fingerprint density at radius 2 is 1.77 bits per heavy atom. The lowest BCUT2D eigenvalue weighted by Crippen LogP contribution is -2.13. The van der Waals surface area contributed by atoms with Gasteiger partial charge < -0.3 is 5.32 Å². The van der Waals surface area contributed by atoms with Crippen molar-refractivity contribution in [3.8, 4) is 0 Å². The van der Waals surface area contributed by atoms with E-state index in [4.69, 9.17) is 0 Å². The topological polar surface area (TPSA) is 105 Å². The van der Waals surface area contributed by atoms with Gasteiger partial charge in [-0.25, -0.2) is 14.4 Å². The molecule has 0 atom stereocenters. The first-order chi connectivity index (χ1) is 12.5. The van der Waals surface area contributed by atoms with Gasteiger partial charge in [0.15, 0.2) is 0 Å². The maximum atomic E-state index is 14.0. The Balaban J connectivity index is 1.89. The molecule has 3 aromatic rings. The van der Waals surface area contributed by atoms with Crippen LogP contribution in [0.2, 0.25) is 0 Å². The van der Waals surface area contributed by atoms with Crippen LogP contribution in [-0.4, -0.2) is 14.9 Å². The Labute approximate surface area is 155 Å². The minimum absolute atomic E-state index is 0.0527. The smallest absolute Gasteiger partial charge is 0.332 e. The molecule has 2 aromatic carbocycles. The molecule has 0 unspecified atom stereocenters. The molecule has 0 saturated heterocycles. The second kappa shape index (κ2) is 7.74. The second-order valence-corrected chi connectivity index (χ2v) is 5.96. The van der Waals surface area contributed by atoms with Crippen LogP contribution in [0.3, 0.4) is 0 Å². The summed E-state index contributed by atoms with van der Waals surface area (Å²) in [7, 11) is 0. The van der Waals surface area contributed by atoms with Crippen LogP contribution in [0.1, 0.15) is 0 Å². The fourth-order valence-electron chi connectivity index (χ4n) is 2.11. The molecule has 0 aliphatic carbocycles.